The summed E-state index contributed by atoms with van der Waals surface area (Å²) in [4.78, 5) is 3.78. The number of benzene rings is 1. The van der Waals surface area contributed by atoms with Crippen LogP contribution in [0.1, 0.15) is 0 Å². The van der Waals surface area contributed by atoms with Gasteiger partial charge >= 0.3 is 7.12 Å². The van der Waals surface area contributed by atoms with Gasteiger partial charge in [0.1, 0.15) is 5.82 Å². The number of fused-ring (bicyclic) bond motifs is 1. The first kappa shape index (κ1) is 9.11. The summed E-state index contributed by atoms with van der Waals surface area (Å²) in [7, 11) is -1.65. The Kier molecular flexibility index (Phi) is 2.19. The van der Waals surface area contributed by atoms with Crippen LogP contribution in [0.3, 0.4) is 0 Å². The average Bonchev–Trinajstić information content (AvgIpc) is 2.17. The topological polar surface area (TPSA) is 53.4 Å². The molecule has 14 heavy (non-hydrogen) atoms. The van der Waals surface area contributed by atoms with Crippen LogP contribution >= 0.6 is 0 Å². The highest BCUT2D eigenvalue weighted by molar-refractivity contribution is 6.58. The molecule has 2 rings (SSSR count). The summed E-state index contributed by atoms with van der Waals surface area (Å²) < 4.78 is 13.3. The van der Waals surface area contributed by atoms with Gasteiger partial charge in [-0.15, -0.1) is 0 Å². The summed E-state index contributed by atoms with van der Waals surface area (Å²) in [6.45, 7) is 0. The first-order valence-corrected chi connectivity index (χ1v) is 4.08. The lowest BCUT2D eigenvalue weighted by Gasteiger charge is -2.03. The number of aromatic nitrogens is 1. The van der Waals surface area contributed by atoms with Crippen molar-refractivity contribution in [2.75, 3.05) is 0 Å². The van der Waals surface area contributed by atoms with Crippen LogP contribution in [0.4, 0.5) is 4.39 Å². The Morgan fingerprint density at radius 1 is 1.29 bits per heavy atom. The molecule has 1 heterocycles. The van der Waals surface area contributed by atoms with Crippen LogP contribution in [0, 0.1) is 5.82 Å². The Balaban J connectivity index is 2.72. The summed E-state index contributed by atoms with van der Waals surface area (Å²) in [5, 5.41) is 18.7. The Labute approximate surface area is 80.0 Å². The van der Waals surface area contributed by atoms with Crippen molar-refractivity contribution in [3.05, 3.63) is 36.4 Å². The van der Waals surface area contributed by atoms with Crippen LogP contribution in [-0.4, -0.2) is 22.2 Å². The number of hydrogen-bond acceptors (Lipinski definition) is 3. The fourth-order valence-electron chi connectivity index (χ4n) is 1.33. The molecular formula is C9H7BFNO2. The Hall–Kier alpha value is -1.46. The summed E-state index contributed by atoms with van der Waals surface area (Å²) in [5.74, 6) is -0.501. The minimum atomic E-state index is -1.65. The van der Waals surface area contributed by atoms with Gasteiger partial charge in [0.15, 0.2) is 0 Å². The van der Waals surface area contributed by atoms with Crippen LogP contribution in [0.5, 0.6) is 0 Å². The van der Waals surface area contributed by atoms with E-state index in [1.807, 2.05) is 0 Å². The highest BCUT2D eigenvalue weighted by Gasteiger charge is 2.13. The van der Waals surface area contributed by atoms with E-state index in [2.05, 4.69) is 4.98 Å². The van der Waals surface area contributed by atoms with E-state index in [1.165, 1.54) is 18.5 Å². The molecule has 0 aliphatic heterocycles. The van der Waals surface area contributed by atoms with Crippen LogP contribution in [0.25, 0.3) is 10.8 Å². The third kappa shape index (κ3) is 1.47. The van der Waals surface area contributed by atoms with E-state index in [-0.39, 0.29) is 5.46 Å². The van der Waals surface area contributed by atoms with Crippen molar-refractivity contribution >= 4 is 23.4 Å². The molecule has 0 fully saturated rings. The fraction of sp³-hybridized carbons (Fsp3) is 0. The summed E-state index contributed by atoms with van der Waals surface area (Å²) in [6, 6.07) is 4.23. The zero-order chi connectivity index (χ0) is 10.1. The number of pyridine rings is 1. The highest BCUT2D eigenvalue weighted by atomic mass is 19.1. The van der Waals surface area contributed by atoms with Crippen molar-refractivity contribution in [1.82, 2.24) is 4.98 Å². The van der Waals surface area contributed by atoms with Gasteiger partial charge in [-0.2, -0.15) is 0 Å². The van der Waals surface area contributed by atoms with Gasteiger partial charge in [0, 0.05) is 17.8 Å². The number of halogens is 1. The number of rotatable bonds is 1. The molecule has 1 aromatic carbocycles. The first-order valence-electron chi connectivity index (χ1n) is 4.08. The van der Waals surface area contributed by atoms with Crippen molar-refractivity contribution < 1.29 is 14.4 Å². The second kappa shape index (κ2) is 3.36. The van der Waals surface area contributed by atoms with Crippen molar-refractivity contribution in [3.63, 3.8) is 0 Å². The first-order chi connectivity index (χ1) is 6.68. The third-order valence-corrected chi connectivity index (χ3v) is 2.03. The SMILES string of the molecule is OB(O)c1cc(F)c2cnccc2c1. The van der Waals surface area contributed by atoms with Gasteiger partial charge in [-0.25, -0.2) is 4.39 Å². The molecule has 5 heteroatoms. The zero-order valence-corrected chi connectivity index (χ0v) is 7.18. The maximum absolute atomic E-state index is 13.3. The molecule has 0 radical (unpaired) electrons. The molecule has 0 aliphatic rings. The molecule has 3 nitrogen and oxygen atoms in total. The minimum absolute atomic E-state index is 0.140. The average molecular weight is 191 g/mol. The Morgan fingerprint density at radius 2 is 2.07 bits per heavy atom. The third-order valence-electron chi connectivity index (χ3n) is 2.03. The predicted octanol–water partition coefficient (Wildman–Crippen LogP) is 0.0537. The highest BCUT2D eigenvalue weighted by Crippen LogP contribution is 2.14. The second-order valence-electron chi connectivity index (χ2n) is 2.97. The van der Waals surface area contributed by atoms with Crippen molar-refractivity contribution in [2.24, 2.45) is 0 Å². The van der Waals surface area contributed by atoms with Crippen LogP contribution < -0.4 is 5.46 Å². The summed E-state index contributed by atoms with van der Waals surface area (Å²) in [6.07, 6.45) is 2.92. The number of nitrogens with zero attached hydrogens (tertiary/aromatic N) is 1. The van der Waals surface area contributed by atoms with E-state index in [1.54, 1.807) is 6.07 Å². The van der Waals surface area contributed by atoms with Gasteiger partial charge in [-0.3, -0.25) is 4.98 Å². The van der Waals surface area contributed by atoms with E-state index < -0.39 is 12.9 Å². The van der Waals surface area contributed by atoms with Gasteiger partial charge in [-0.05, 0) is 23.0 Å². The molecule has 2 aromatic rings. The number of hydrogen-bond donors (Lipinski definition) is 2. The fourth-order valence-corrected chi connectivity index (χ4v) is 1.33. The quantitative estimate of drug-likeness (QED) is 0.626. The molecule has 0 unspecified atom stereocenters. The molecule has 70 valence electrons. The van der Waals surface area contributed by atoms with Crippen molar-refractivity contribution in [1.29, 1.82) is 0 Å². The molecule has 0 atom stereocenters. The smallest absolute Gasteiger partial charge is 0.423 e. The molecule has 0 bridgehead atoms. The predicted molar refractivity (Wildman–Crippen MR) is 51.5 cm³/mol. The van der Waals surface area contributed by atoms with Gasteiger partial charge in [0.2, 0.25) is 0 Å². The molecular weight excluding hydrogens is 184 g/mol. The van der Waals surface area contributed by atoms with Crippen LogP contribution in [0.2, 0.25) is 0 Å². The standard InChI is InChI=1S/C9H7BFNO2/c11-9-4-7(10(13)14)3-6-1-2-12-5-8(6)9/h1-5,13-14H. The lowest BCUT2D eigenvalue weighted by molar-refractivity contribution is 0.425. The Morgan fingerprint density at radius 3 is 2.79 bits per heavy atom. The monoisotopic (exact) mass is 191 g/mol. The lowest BCUT2D eigenvalue weighted by atomic mass is 9.79. The molecule has 0 amide bonds. The molecule has 0 spiro atoms. The molecule has 1 aromatic heterocycles. The maximum Gasteiger partial charge on any atom is 0.488 e. The molecule has 0 saturated heterocycles. The normalized spacial score (nSPS) is 10.5. The minimum Gasteiger partial charge on any atom is -0.423 e. The largest absolute Gasteiger partial charge is 0.488 e. The lowest BCUT2D eigenvalue weighted by Crippen LogP contribution is -2.30. The van der Waals surface area contributed by atoms with Crippen molar-refractivity contribution in [2.45, 2.75) is 0 Å². The van der Waals surface area contributed by atoms with Gasteiger partial charge in [0.25, 0.3) is 0 Å². The van der Waals surface area contributed by atoms with E-state index in [4.69, 9.17) is 10.0 Å². The van der Waals surface area contributed by atoms with Gasteiger partial charge in [-0.1, -0.05) is 6.07 Å². The maximum atomic E-state index is 13.3. The second-order valence-corrected chi connectivity index (χ2v) is 2.97. The summed E-state index contributed by atoms with van der Waals surface area (Å²) in [5.41, 5.74) is 0.140. The van der Waals surface area contributed by atoms with E-state index in [9.17, 15) is 4.39 Å². The van der Waals surface area contributed by atoms with E-state index in [0.29, 0.717) is 10.8 Å². The molecule has 0 aliphatic carbocycles. The molecule has 2 N–H and O–H groups in total. The van der Waals surface area contributed by atoms with E-state index >= 15 is 0 Å². The van der Waals surface area contributed by atoms with E-state index in [0.717, 1.165) is 6.07 Å². The Bertz CT molecular complexity index is 475. The molecule has 0 saturated carbocycles. The zero-order valence-electron chi connectivity index (χ0n) is 7.18. The van der Waals surface area contributed by atoms with Crippen molar-refractivity contribution in [3.8, 4) is 0 Å². The van der Waals surface area contributed by atoms with Gasteiger partial charge < -0.3 is 10.0 Å². The van der Waals surface area contributed by atoms with Crippen LogP contribution in [-0.2, 0) is 0 Å². The van der Waals surface area contributed by atoms with Gasteiger partial charge in [0.05, 0.1) is 0 Å². The van der Waals surface area contributed by atoms with Crippen LogP contribution in [0.15, 0.2) is 30.6 Å². The summed E-state index contributed by atoms with van der Waals surface area (Å²) >= 11 is 0.